The smallest absolute Gasteiger partial charge is 0.239 e. The summed E-state index contributed by atoms with van der Waals surface area (Å²) in [6.07, 6.45) is 6.91. The number of nitrogen functional groups attached to an aromatic ring is 1. The predicted octanol–water partition coefficient (Wildman–Crippen LogP) is 2.67. The first kappa shape index (κ1) is 14.6. The van der Waals surface area contributed by atoms with E-state index in [1.807, 2.05) is 6.92 Å². The molecule has 1 atom stereocenters. The van der Waals surface area contributed by atoms with E-state index in [2.05, 4.69) is 27.6 Å². The average molecular weight is 255 g/mol. The van der Waals surface area contributed by atoms with Gasteiger partial charge in [-0.2, -0.15) is 4.98 Å². The second-order valence-corrected chi connectivity index (χ2v) is 4.43. The second kappa shape index (κ2) is 7.81. The molecule has 0 aromatic carbocycles. The molecule has 4 N–H and O–H groups in total. The van der Waals surface area contributed by atoms with E-state index >= 15 is 0 Å². The number of nitrogens with one attached hydrogen (secondary N) is 2. The van der Waals surface area contributed by atoms with Crippen molar-refractivity contribution in [3.63, 3.8) is 0 Å². The SMILES string of the molecule is CCCCCCC(C)Nc1nc(NN)ncc1F. The number of aromatic nitrogens is 2. The van der Waals surface area contributed by atoms with Crippen LogP contribution in [0.3, 0.4) is 0 Å². The number of hydrogen-bond acceptors (Lipinski definition) is 5. The van der Waals surface area contributed by atoms with Crippen LogP contribution < -0.4 is 16.6 Å². The summed E-state index contributed by atoms with van der Waals surface area (Å²) >= 11 is 0. The minimum absolute atomic E-state index is 0.178. The summed E-state index contributed by atoms with van der Waals surface area (Å²) in [5.41, 5.74) is 2.30. The predicted molar refractivity (Wildman–Crippen MR) is 71.6 cm³/mol. The average Bonchev–Trinajstić information content (AvgIpc) is 2.37. The Balaban J connectivity index is 2.45. The fourth-order valence-corrected chi connectivity index (χ4v) is 1.72. The van der Waals surface area contributed by atoms with Gasteiger partial charge in [0, 0.05) is 6.04 Å². The van der Waals surface area contributed by atoms with Gasteiger partial charge in [0.25, 0.3) is 0 Å². The van der Waals surface area contributed by atoms with Gasteiger partial charge < -0.3 is 5.32 Å². The first-order chi connectivity index (χ1) is 8.67. The molecule has 1 aromatic heterocycles. The van der Waals surface area contributed by atoms with Gasteiger partial charge in [-0.05, 0) is 13.3 Å². The zero-order valence-electron chi connectivity index (χ0n) is 11.0. The van der Waals surface area contributed by atoms with Crippen LogP contribution in [0.1, 0.15) is 46.0 Å². The van der Waals surface area contributed by atoms with Crippen molar-refractivity contribution in [2.75, 3.05) is 10.7 Å². The van der Waals surface area contributed by atoms with Crippen LogP contribution in [0.5, 0.6) is 0 Å². The maximum absolute atomic E-state index is 13.5. The van der Waals surface area contributed by atoms with Crippen molar-refractivity contribution in [2.24, 2.45) is 5.84 Å². The van der Waals surface area contributed by atoms with Crippen LogP contribution >= 0.6 is 0 Å². The van der Waals surface area contributed by atoms with Gasteiger partial charge in [-0.3, -0.25) is 5.43 Å². The van der Waals surface area contributed by atoms with Crippen molar-refractivity contribution < 1.29 is 4.39 Å². The topological polar surface area (TPSA) is 75.9 Å². The molecule has 1 unspecified atom stereocenters. The van der Waals surface area contributed by atoms with Crippen molar-refractivity contribution in [3.8, 4) is 0 Å². The second-order valence-electron chi connectivity index (χ2n) is 4.43. The van der Waals surface area contributed by atoms with Gasteiger partial charge in [0.1, 0.15) is 0 Å². The number of unbranched alkanes of at least 4 members (excludes halogenated alkanes) is 3. The van der Waals surface area contributed by atoms with Gasteiger partial charge in [0.15, 0.2) is 11.6 Å². The zero-order valence-corrected chi connectivity index (χ0v) is 11.0. The Bertz CT molecular complexity index is 358. The first-order valence-electron chi connectivity index (χ1n) is 6.43. The van der Waals surface area contributed by atoms with Crippen molar-refractivity contribution in [2.45, 2.75) is 52.0 Å². The number of nitrogens with two attached hydrogens (primary N) is 1. The molecule has 0 aliphatic rings. The lowest BCUT2D eigenvalue weighted by atomic mass is 10.1. The molecule has 0 amide bonds. The van der Waals surface area contributed by atoms with Crippen molar-refractivity contribution >= 4 is 11.8 Å². The van der Waals surface area contributed by atoms with Gasteiger partial charge in [0.05, 0.1) is 6.20 Å². The molecular weight excluding hydrogens is 233 g/mol. The maximum atomic E-state index is 13.5. The fraction of sp³-hybridized carbons (Fsp3) is 0.667. The molecule has 0 saturated heterocycles. The third-order valence-electron chi connectivity index (χ3n) is 2.75. The van der Waals surface area contributed by atoms with E-state index in [4.69, 9.17) is 5.84 Å². The molecule has 0 fully saturated rings. The van der Waals surface area contributed by atoms with E-state index in [1.54, 1.807) is 0 Å². The van der Waals surface area contributed by atoms with E-state index in [1.165, 1.54) is 19.3 Å². The first-order valence-corrected chi connectivity index (χ1v) is 6.43. The van der Waals surface area contributed by atoms with Crippen LogP contribution in [0.25, 0.3) is 0 Å². The molecule has 0 aliphatic heterocycles. The van der Waals surface area contributed by atoms with Crippen LogP contribution in [0.15, 0.2) is 6.20 Å². The van der Waals surface area contributed by atoms with Crippen LogP contribution in [0, 0.1) is 5.82 Å². The highest BCUT2D eigenvalue weighted by Gasteiger charge is 2.09. The highest BCUT2D eigenvalue weighted by Crippen LogP contribution is 2.15. The number of hydrazine groups is 1. The Hall–Kier alpha value is -1.43. The lowest BCUT2D eigenvalue weighted by molar-refractivity contribution is 0.580. The Kier molecular flexibility index (Phi) is 6.35. The maximum Gasteiger partial charge on any atom is 0.239 e. The van der Waals surface area contributed by atoms with Gasteiger partial charge in [-0.15, -0.1) is 0 Å². The van der Waals surface area contributed by atoms with E-state index in [0.717, 1.165) is 19.0 Å². The largest absolute Gasteiger partial charge is 0.365 e. The quantitative estimate of drug-likeness (QED) is 0.378. The van der Waals surface area contributed by atoms with E-state index in [-0.39, 0.29) is 17.8 Å². The molecule has 0 aliphatic carbocycles. The van der Waals surface area contributed by atoms with Crippen molar-refractivity contribution in [1.29, 1.82) is 0 Å². The summed E-state index contributed by atoms with van der Waals surface area (Å²) in [7, 11) is 0. The number of halogens is 1. The minimum atomic E-state index is -0.464. The van der Waals surface area contributed by atoms with Crippen molar-refractivity contribution in [1.82, 2.24) is 9.97 Å². The molecule has 6 heteroatoms. The summed E-state index contributed by atoms with van der Waals surface area (Å²) in [6, 6.07) is 0.178. The van der Waals surface area contributed by atoms with Crippen LogP contribution in [-0.2, 0) is 0 Å². The Morgan fingerprint density at radius 3 is 2.83 bits per heavy atom. The number of rotatable bonds is 8. The van der Waals surface area contributed by atoms with Crippen LogP contribution in [0.2, 0.25) is 0 Å². The number of nitrogens with zero attached hydrogens (tertiary/aromatic N) is 2. The summed E-state index contributed by atoms with van der Waals surface area (Å²) < 4.78 is 13.5. The van der Waals surface area contributed by atoms with Gasteiger partial charge in [-0.25, -0.2) is 15.2 Å². The van der Waals surface area contributed by atoms with Gasteiger partial charge in [-0.1, -0.05) is 32.6 Å². The lowest BCUT2D eigenvalue weighted by Crippen LogP contribution is -2.19. The standard InChI is InChI=1S/C12H22FN5/c1-3-4-5-6-7-9(2)16-11-10(13)8-15-12(17-11)18-14/h8-9H,3-7,14H2,1-2H3,(H2,15,16,17,18). The zero-order chi connectivity index (χ0) is 13.4. The molecule has 1 aromatic rings. The Morgan fingerprint density at radius 1 is 1.39 bits per heavy atom. The number of anilines is 2. The molecule has 18 heavy (non-hydrogen) atoms. The number of hydrogen-bond donors (Lipinski definition) is 3. The van der Waals surface area contributed by atoms with E-state index in [0.29, 0.717) is 0 Å². The molecule has 102 valence electrons. The summed E-state index contributed by atoms with van der Waals surface area (Å²) in [5.74, 6) is 5.13. The molecule has 0 saturated carbocycles. The molecular formula is C12H22FN5. The molecule has 0 bridgehead atoms. The van der Waals surface area contributed by atoms with Crippen LogP contribution in [0.4, 0.5) is 16.2 Å². The van der Waals surface area contributed by atoms with E-state index in [9.17, 15) is 4.39 Å². The third kappa shape index (κ3) is 4.83. The third-order valence-corrected chi connectivity index (χ3v) is 2.75. The summed E-state index contributed by atoms with van der Waals surface area (Å²) in [6.45, 7) is 4.20. The van der Waals surface area contributed by atoms with Gasteiger partial charge in [0.2, 0.25) is 5.95 Å². The molecule has 1 heterocycles. The Morgan fingerprint density at radius 2 is 2.17 bits per heavy atom. The van der Waals surface area contributed by atoms with Crippen LogP contribution in [-0.4, -0.2) is 16.0 Å². The molecule has 0 radical (unpaired) electrons. The summed E-state index contributed by atoms with van der Waals surface area (Å²) in [5, 5.41) is 3.04. The minimum Gasteiger partial charge on any atom is -0.365 e. The summed E-state index contributed by atoms with van der Waals surface area (Å²) in [4.78, 5) is 7.63. The Labute approximate surface area is 107 Å². The fourth-order valence-electron chi connectivity index (χ4n) is 1.72. The highest BCUT2D eigenvalue weighted by molar-refractivity contribution is 5.41. The lowest BCUT2D eigenvalue weighted by Gasteiger charge is -2.15. The molecule has 1 rings (SSSR count). The molecule has 0 spiro atoms. The highest BCUT2D eigenvalue weighted by atomic mass is 19.1. The normalized spacial score (nSPS) is 12.2. The van der Waals surface area contributed by atoms with Crippen molar-refractivity contribution in [3.05, 3.63) is 12.0 Å². The monoisotopic (exact) mass is 255 g/mol. The van der Waals surface area contributed by atoms with E-state index < -0.39 is 5.82 Å². The molecule has 5 nitrogen and oxygen atoms in total. The van der Waals surface area contributed by atoms with Gasteiger partial charge >= 0.3 is 0 Å².